The maximum absolute atomic E-state index is 12.9. The molecule has 3 rings (SSSR count). The summed E-state index contributed by atoms with van der Waals surface area (Å²) in [5, 5.41) is 2.95. The van der Waals surface area contributed by atoms with E-state index in [0.29, 0.717) is 19.7 Å². The number of aryl methyl sites for hydroxylation is 2. The number of carbonyl (C=O) groups excluding carboxylic acids is 1. The summed E-state index contributed by atoms with van der Waals surface area (Å²) in [7, 11) is -3.63. The molecule has 1 heterocycles. The van der Waals surface area contributed by atoms with Crippen LogP contribution >= 0.6 is 11.6 Å². The Morgan fingerprint density at radius 1 is 1.10 bits per heavy atom. The maximum Gasteiger partial charge on any atom is 0.252 e. The van der Waals surface area contributed by atoms with Gasteiger partial charge < -0.3 is 10.1 Å². The molecule has 0 aliphatic carbocycles. The number of amides is 1. The Balaban J connectivity index is 1.64. The van der Waals surface area contributed by atoms with Gasteiger partial charge in [-0.05, 0) is 62.1 Å². The van der Waals surface area contributed by atoms with E-state index in [1.807, 2.05) is 32.0 Å². The van der Waals surface area contributed by atoms with E-state index in [0.717, 1.165) is 36.1 Å². The van der Waals surface area contributed by atoms with Gasteiger partial charge in [0.25, 0.3) is 5.91 Å². The Labute approximate surface area is 183 Å². The van der Waals surface area contributed by atoms with Gasteiger partial charge in [-0.3, -0.25) is 4.79 Å². The lowest BCUT2D eigenvalue weighted by molar-refractivity contribution is 0.0947. The molecule has 2 aromatic carbocycles. The largest absolute Gasteiger partial charge is 0.491 e. The summed E-state index contributed by atoms with van der Waals surface area (Å²) >= 11 is 6.17. The van der Waals surface area contributed by atoms with Gasteiger partial charge in [0.15, 0.2) is 0 Å². The molecule has 1 fully saturated rings. The first-order valence-electron chi connectivity index (χ1n) is 10.1. The van der Waals surface area contributed by atoms with Crippen molar-refractivity contribution in [1.29, 1.82) is 0 Å². The molecule has 1 amide bonds. The molecule has 0 atom stereocenters. The van der Waals surface area contributed by atoms with Crippen LogP contribution < -0.4 is 10.1 Å². The number of piperidine rings is 1. The van der Waals surface area contributed by atoms with Gasteiger partial charge in [-0.2, -0.15) is 4.31 Å². The Kier molecular flexibility index (Phi) is 7.39. The van der Waals surface area contributed by atoms with Crippen LogP contribution in [0.15, 0.2) is 41.3 Å². The molecule has 0 unspecified atom stereocenters. The molecule has 1 aliphatic heterocycles. The molecule has 162 valence electrons. The average Bonchev–Trinajstić information content (AvgIpc) is 2.74. The molecule has 1 N–H and O–H groups in total. The minimum absolute atomic E-state index is 0.0885. The lowest BCUT2D eigenvalue weighted by atomic mass is 10.1. The summed E-state index contributed by atoms with van der Waals surface area (Å²) in [6.45, 7) is 5.51. The summed E-state index contributed by atoms with van der Waals surface area (Å²) in [6.07, 6.45) is 2.73. The van der Waals surface area contributed by atoms with Crippen LogP contribution in [0.2, 0.25) is 5.02 Å². The van der Waals surface area contributed by atoms with Crippen molar-refractivity contribution < 1.29 is 17.9 Å². The van der Waals surface area contributed by atoms with E-state index in [1.54, 1.807) is 0 Å². The van der Waals surface area contributed by atoms with E-state index in [2.05, 4.69) is 5.32 Å². The molecule has 1 aliphatic rings. The van der Waals surface area contributed by atoms with E-state index in [-0.39, 0.29) is 22.0 Å². The van der Waals surface area contributed by atoms with Crippen LogP contribution in [0.4, 0.5) is 0 Å². The van der Waals surface area contributed by atoms with E-state index in [1.165, 1.54) is 22.5 Å². The number of benzene rings is 2. The van der Waals surface area contributed by atoms with Gasteiger partial charge in [0, 0.05) is 13.1 Å². The van der Waals surface area contributed by atoms with Crippen molar-refractivity contribution in [2.24, 2.45) is 0 Å². The number of hydrogen-bond donors (Lipinski definition) is 1. The predicted octanol–water partition coefficient (Wildman–Crippen LogP) is 3.94. The van der Waals surface area contributed by atoms with Crippen LogP contribution in [0, 0.1) is 13.8 Å². The molecule has 0 aromatic heterocycles. The molecular formula is C22H27ClN2O4S. The van der Waals surface area contributed by atoms with Gasteiger partial charge in [-0.1, -0.05) is 30.2 Å². The monoisotopic (exact) mass is 450 g/mol. The van der Waals surface area contributed by atoms with Crippen LogP contribution in [0.25, 0.3) is 0 Å². The quantitative estimate of drug-likeness (QED) is 0.648. The first-order chi connectivity index (χ1) is 14.3. The number of hydrogen-bond acceptors (Lipinski definition) is 4. The molecule has 30 heavy (non-hydrogen) atoms. The fraction of sp³-hybridized carbons (Fsp3) is 0.409. The molecule has 6 nitrogen and oxygen atoms in total. The smallest absolute Gasteiger partial charge is 0.252 e. The maximum atomic E-state index is 12.9. The van der Waals surface area contributed by atoms with E-state index >= 15 is 0 Å². The SMILES string of the molecule is Cc1ccc(C)c(OCCNC(=O)c2cc(S(=O)(=O)N3CCCCC3)ccc2Cl)c1. The third-order valence-corrected chi connectivity index (χ3v) is 7.35. The van der Waals surface area contributed by atoms with E-state index in [9.17, 15) is 13.2 Å². The Morgan fingerprint density at radius 2 is 1.83 bits per heavy atom. The van der Waals surface area contributed by atoms with Gasteiger partial charge in [-0.25, -0.2) is 8.42 Å². The highest BCUT2D eigenvalue weighted by Gasteiger charge is 2.27. The fourth-order valence-electron chi connectivity index (χ4n) is 3.38. The highest BCUT2D eigenvalue weighted by atomic mass is 35.5. The second-order valence-electron chi connectivity index (χ2n) is 7.48. The summed E-state index contributed by atoms with van der Waals surface area (Å²) in [6, 6.07) is 10.2. The molecule has 0 saturated carbocycles. The highest BCUT2D eigenvalue weighted by molar-refractivity contribution is 7.89. The lowest BCUT2D eigenvalue weighted by Gasteiger charge is -2.26. The predicted molar refractivity (Wildman–Crippen MR) is 118 cm³/mol. The van der Waals surface area contributed by atoms with Crippen LogP contribution in [0.1, 0.15) is 40.7 Å². The van der Waals surface area contributed by atoms with Crippen molar-refractivity contribution in [3.8, 4) is 5.75 Å². The number of ether oxygens (including phenoxy) is 1. The minimum atomic E-state index is -3.63. The van der Waals surface area contributed by atoms with E-state index < -0.39 is 15.9 Å². The van der Waals surface area contributed by atoms with Gasteiger partial charge >= 0.3 is 0 Å². The summed E-state index contributed by atoms with van der Waals surface area (Å²) < 4.78 is 33.0. The number of carbonyl (C=O) groups is 1. The standard InChI is InChI=1S/C22H27ClN2O4S/c1-16-6-7-17(2)21(14-16)29-13-10-24-22(26)19-15-18(8-9-20(19)23)30(27,28)25-11-4-3-5-12-25/h6-9,14-15H,3-5,10-13H2,1-2H3,(H,24,26). The van der Waals surface area contributed by atoms with Gasteiger partial charge in [0.1, 0.15) is 12.4 Å². The van der Waals surface area contributed by atoms with Crippen molar-refractivity contribution >= 4 is 27.5 Å². The van der Waals surface area contributed by atoms with Crippen molar-refractivity contribution in [3.05, 3.63) is 58.1 Å². The van der Waals surface area contributed by atoms with Crippen LogP contribution in [0.5, 0.6) is 5.75 Å². The zero-order valence-corrected chi connectivity index (χ0v) is 18.9. The van der Waals surface area contributed by atoms with Crippen molar-refractivity contribution in [2.45, 2.75) is 38.0 Å². The van der Waals surface area contributed by atoms with Crippen molar-refractivity contribution in [1.82, 2.24) is 9.62 Å². The van der Waals surface area contributed by atoms with Crippen LogP contribution in [0.3, 0.4) is 0 Å². The number of sulfonamides is 1. The van der Waals surface area contributed by atoms with Gasteiger partial charge in [0.05, 0.1) is 22.0 Å². The normalized spacial score (nSPS) is 15.0. The number of nitrogens with one attached hydrogen (secondary N) is 1. The average molecular weight is 451 g/mol. The topological polar surface area (TPSA) is 75.7 Å². The fourth-order valence-corrected chi connectivity index (χ4v) is 5.12. The van der Waals surface area contributed by atoms with Gasteiger partial charge in [-0.15, -0.1) is 0 Å². The first-order valence-corrected chi connectivity index (χ1v) is 11.9. The minimum Gasteiger partial charge on any atom is -0.491 e. The molecular weight excluding hydrogens is 424 g/mol. The van der Waals surface area contributed by atoms with Crippen LogP contribution in [-0.4, -0.2) is 44.9 Å². The zero-order valence-electron chi connectivity index (χ0n) is 17.3. The third kappa shape index (κ3) is 5.33. The van der Waals surface area contributed by atoms with Crippen molar-refractivity contribution in [2.75, 3.05) is 26.2 Å². The highest BCUT2D eigenvalue weighted by Crippen LogP contribution is 2.25. The zero-order chi connectivity index (χ0) is 21.7. The summed E-state index contributed by atoms with van der Waals surface area (Å²) in [4.78, 5) is 12.7. The Hall–Kier alpha value is -2.09. The number of halogens is 1. The Bertz CT molecular complexity index is 1020. The third-order valence-electron chi connectivity index (χ3n) is 5.12. The first kappa shape index (κ1) is 22.6. The lowest BCUT2D eigenvalue weighted by Crippen LogP contribution is -2.35. The molecule has 0 bridgehead atoms. The molecule has 8 heteroatoms. The van der Waals surface area contributed by atoms with Gasteiger partial charge in [0.2, 0.25) is 10.0 Å². The molecule has 0 spiro atoms. The summed E-state index contributed by atoms with van der Waals surface area (Å²) in [5.74, 6) is 0.345. The van der Waals surface area contributed by atoms with Crippen LogP contribution in [-0.2, 0) is 10.0 Å². The molecule has 2 aromatic rings. The second-order valence-corrected chi connectivity index (χ2v) is 9.82. The second kappa shape index (κ2) is 9.81. The summed E-state index contributed by atoms with van der Waals surface area (Å²) in [5.41, 5.74) is 2.25. The number of rotatable bonds is 7. The molecule has 1 saturated heterocycles. The van der Waals surface area contributed by atoms with Crippen molar-refractivity contribution in [3.63, 3.8) is 0 Å². The number of nitrogens with zero attached hydrogens (tertiary/aromatic N) is 1. The van der Waals surface area contributed by atoms with E-state index in [4.69, 9.17) is 16.3 Å². The Morgan fingerprint density at radius 3 is 2.57 bits per heavy atom. The molecule has 0 radical (unpaired) electrons.